The number of carbonyl (C=O) groups is 1. The number of rotatable bonds is 3. The van der Waals surface area contributed by atoms with Crippen molar-refractivity contribution in [2.75, 3.05) is 13.1 Å². The van der Waals surface area contributed by atoms with Crippen LogP contribution in [0.1, 0.15) is 35.7 Å². The highest BCUT2D eigenvalue weighted by atomic mass is 16.4. The van der Waals surface area contributed by atoms with Gasteiger partial charge in [0, 0.05) is 13.1 Å². The SMILES string of the molecule is CC1(C#N)CCCN(Cc2cccc(C(=O)O)c2)C1. The molecular weight excluding hydrogens is 240 g/mol. The van der Waals surface area contributed by atoms with Crippen molar-refractivity contribution in [3.8, 4) is 6.07 Å². The van der Waals surface area contributed by atoms with E-state index in [-0.39, 0.29) is 5.41 Å². The van der Waals surface area contributed by atoms with Gasteiger partial charge < -0.3 is 5.11 Å². The van der Waals surface area contributed by atoms with Crippen molar-refractivity contribution in [2.24, 2.45) is 5.41 Å². The van der Waals surface area contributed by atoms with Crippen molar-refractivity contribution >= 4 is 5.97 Å². The van der Waals surface area contributed by atoms with Gasteiger partial charge in [0.2, 0.25) is 0 Å². The van der Waals surface area contributed by atoms with E-state index in [1.165, 1.54) is 0 Å². The Morgan fingerprint density at radius 3 is 3.05 bits per heavy atom. The van der Waals surface area contributed by atoms with E-state index in [2.05, 4.69) is 11.0 Å². The molecule has 1 atom stereocenters. The molecule has 1 aromatic rings. The van der Waals surface area contributed by atoms with Crippen molar-refractivity contribution in [3.63, 3.8) is 0 Å². The first-order chi connectivity index (χ1) is 9.02. The third kappa shape index (κ3) is 3.33. The second kappa shape index (κ2) is 5.41. The highest BCUT2D eigenvalue weighted by molar-refractivity contribution is 5.87. The van der Waals surface area contributed by atoms with Gasteiger partial charge in [-0.05, 0) is 44.0 Å². The summed E-state index contributed by atoms with van der Waals surface area (Å²) in [5.74, 6) is -0.901. The lowest BCUT2D eigenvalue weighted by atomic mass is 9.83. The fourth-order valence-corrected chi connectivity index (χ4v) is 2.63. The Bertz CT molecular complexity index is 521. The number of nitrogens with zero attached hydrogens (tertiary/aromatic N) is 2. The molecule has 0 amide bonds. The number of hydrogen-bond acceptors (Lipinski definition) is 3. The molecule has 0 radical (unpaired) electrons. The Labute approximate surface area is 113 Å². The first-order valence-electron chi connectivity index (χ1n) is 6.48. The smallest absolute Gasteiger partial charge is 0.335 e. The van der Waals surface area contributed by atoms with Gasteiger partial charge in [-0.15, -0.1) is 0 Å². The van der Waals surface area contributed by atoms with Gasteiger partial charge in [0.1, 0.15) is 0 Å². The molecular formula is C15H18N2O2. The fourth-order valence-electron chi connectivity index (χ4n) is 2.63. The van der Waals surface area contributed by atoms with Crippen LogP contribution in [0.15, 0.2) is 24.3 Å². The Morgan fingerprint density at radius 2 is 2.37 bits per heavy atom. The summed E-state index contributed by atoms with van der Waals surface area (Å²) in [6.07, 6.45) is 1.96. The van der Waals surface area contributed by atoms with Crippen LogP contribution < -0.4 is 0 Å². The van der Waals surface area contributed by atoms with Crippen molar-refractivity contribution < 1.29 is 9.90 Å². The summed E-state index contributed by atoms with van der Waals surface area (Å²) in [4.78, 5) is 13.2. The minimum absolute atomic E-state index is 0.275. The molecule has 0 saturated carbocycles. The molecule has 100 valence electrons. The summed E-state index contributed by atoms with van der Waals surface area (Å²) >= 11 is 0. The van der Waals surface area contributed by atoms with Gasteiger partial charge >= 0.3 is 5.97 Å². The lowest BCUT2D eigenvalue weighted by molar-refractivity contribution is 0.0696. The van der Waals surface area contributed by atoms with E-state index < -0.39 is 5.97 Å². The van der Waals surface area contributed by atoms with Gasteiger partial charge in [-0.2, -0.15) is 5.26 Å². The number of nitriles is 1. The van der Waals surface area contributed by atoms with Gasteiger partial charge in [0.05, 0.1) is 17.0 Å². The molecule has 1 saturated heterocycles. The highest BCUT2D eigenvalue weighted by Crippen LogP contribution is 2.29. The van der Waals surface area contributed by atoms with Crippen LogP contribution in [0.2, 0.25) is 0 Å². The van der Waals surface area contributed by atoms with Crippen LogP contribution in [0, 0.1) is 16.7 Å². The molecule has 4 nitrogen and oxygen atoms in total. The number of carboxylic acid groups (broad SMARTS) is 1. The van der Waals surface area contributed by atoms with Crippen molar-refractivity contribution in [2.45, 2.75) is 26.3 Å². The van der Waals surface area contributed by atoms with Crippen molar-refractivity contribution in [1.82, 2.24) is 4.90 Å². The summed E-state index contributed by atoms with van der Waals surface area (Å²) < 4.78 is 0. The van der Waals surface area contributed by atoms with E-state index in [1.54, 1.807) is 18.2 Å². The van der Waals surface area contributed by atoms with E-state index in [9.17, 15) is 10.1 Å². The van der Waals surface area contributed by atoms with E-state index in [0.29, 0.717) is 12.1 Å². The molecule has 1 heterocycles. The van der Waals surface area contributed by atoms with Crippen LogP contribution in [0.25, 0.3) is 0 Å². The maximum atomic E-state index is 10.9. The second-order valence-electron chi connectivity index (χ2n) is 5.49. The Hall–Kier alpha value is -1.86. The molecule has 4 heteroatoms. The minimum Gasteiger partial charge on any atom is -0.478 e. The molecule has 0 aromatic heterocycles. The van der Waals surface area contributed by atoms with Crippen molar-refractivity contribution in [3.05, 3.63) is 35.4 Å². The normalized spacial score (nSPS) is 23.8. The number of likely N-dealkylation sites (tertiary alicyclic amines) is 1. The predicted molar refractivity (Wildman–Crippen MR) is 71.6 cm³/mol. The predicted octanol–water partition coefficient (Wildman–Crippen LogP) is 2.51. The quantitative estimate of drug-likeness (QED) is 0.904. The lowest BCUT2D eigenvalue weighted by Crippen LogP contribution is -2.40. The van der Waals surface area contributed by atoms with Crippen LogP contribution in [-0.4, -0.2) is 29.1 Å². The number of aromatic carboxylic acids is 1. The van der Waals surface area contributed by atoms with Crippen molar-refractivity contribution in [1.29, 1.82) is 5.26 Å². The first kappa shape index (κ1) is 13.6. The maximum Gasteiger partial charge on any atom is 0.335 e. The van der Waals surface area contributed by atoms with E-state index in [4.69, 9.17) is 5.11 Å². The molecule has 1 aliphatic heterocycles. The van der Waals surface area contributed by atoms with Gasteiger partial charge in [-0.3, -0.25) is 4.90 Å². The van der Waals surface area contributed by atoms with Gasteiger partial charge in [-0.25, -0.2) is 4.79 Å². The lowest BCUT2D eigenvalue weighted by Gasteiger charge is -2.36. The topological polar surface area (TPSA) is 64.3 Å². The summed E-state index contributed by atoms with van der Waals surface area (Å²) in [5, 5.41) is 18.2. The third-order valence-electron chi connectivity index (χ3n) is 3.63. The van der Waals surface area contributed by atoms with E-state index >= 15 is 0 Å². The van der Waals surface area contributed by atoms with Crippen LogP contribution in [-0.2, 0) is 6.54 Å². The maximum absolute atomic E-state index is 10.9. The number of benzene rings is 1. The minimum atomic E-state index is -0.901. The van der Waals surface area contributed by atoms with Crippen LogP contribution in [0.5, 0.6) is 0 Å². The molecule has 19 heavy (non-hydrogen) atoms. The number of hydrogen-bond donors (Lipinski definition) is 1. The summed E-state index contributed by atoms with van der Waals surface area (Å²) in [6, 6.07) is 9.40. The molecule has 1 N–H and O–H groups in total. The molecule has 2 rings (SSSR count). The van der Waals surface area contributed by atoms with Gasteiger partial charge in [0.25, 0.3) is 0 Å². The molecule has 1 unspecified atom stereocenters. The largest absolute Gasteiger partial charge is 0.478 e. The Balaban J connectivity index is 2.07. The average Bonchev–Trinajstić information content (AvgIpc) is 2.39. The third-order valence-corrected chi connectivity index (χ3v) is 3.63. The first-order valence-corrected chi connectivity index (χ1v) is 6.48. The zero-order chi connectivity index (χ0) is 13.9. The molecule has 0 spiro atoms. The fraction of sp³-hybridized carbons (Fsp3) is 0.467. The zero-order valence-corrected chi connectivity index (χ0v) is 11.1. The standard InChI is InChI=1S/C15H18N2O2/c1-15(10-16)6-3-7-17(11-15)9-12-4-2-5-13(8-12)14(18)19/h2,4-5,8H,3,6-7,9,11H2,1H3,(H,18,19). The van der Waals surface area contributed by atoms with E-state index in [1.807, 2.05) is 13.0 Å². The monoisotopic (exact) mass is 258 g/mol. The highest BCUT2D eigenvalue weighted by Gasteiger charge is 2.30. The molecule has 0 aliphatic carbocycles. The van der Waals surface area contributed by atoms with Crippen LogP contribution in [0.3, 0.4) is 0 Å². The molecule has 0 bridgehead atoms. The summed E-state index contributed by atoms with van der Waals surface area (Å²) in [5.41, 5.74) is 1.03. The molecule has 1 aromatic carbocycles. The van der Waals surface area contributed by atoms with Gasteiger partial charge in [-0.1, -0.05) is 12.1 Å². The number of carboxylic acids is 1. The van der Waals surface area contributed by atoms with E-state index in [0.717, 1.165) is 31.5 Å². The second-order valence-corrected chi connectivity index (χ2v) is 5.49. The van der Waals surface area contributed by atoms with Crippen LogP contribution >= 0.6 is 0 Å². The summed E-state index contributed by atoms with van der Waals surface area (Å²) in [7, 11) is 0. The Kier molecular flexibility index (Phi) is 3.87. The summed E-state index contributed by atoms with van der Waals surface area (Å²) in [6.45, 7) is 4.42. The molecule has 1 fully saturated rings. The zero-order valence-electron chi connectivity index (χ0n) is 11.1. The Morgan fingerprint density at radius 1 is 1.58 bits per heavy atom. The average molecular weight is 258 g/mol. The molecule has 1 aliphatic rings. The van der Waals surface area contributed by atoms with Crippen LogP contribution in [0.4, 0.5) is 0 Å². The van der Waals surface area contributed by atoms with Gasteiger partial charge in [0.15, 0.2) is 0 Å². The number of piperidine rings is 1.